The van der Waals surface area contributed by atoms with E-state index >= 15 is 0 Å². The van der Waals surface area contributed by atoms with Crippen molar-refractivity contribution >= 4 is 21.5 Å². The van der Waals surface area contributed by atoms with Gasteiger partial charge >= 0.3 is 0 Å². The van der Waals surface area contributed by atoms with Gasteiger partial charge in [0.1, 0.15) is 5.78 Å². The van der Waals surface area contributed by atoms with Gasteiger partial charge in [0.2, 0.25) is 10.0 Å². The fourth-order valence-electron chi connectivity index (χ4n) is 2.12. The van der Waals surface area contributed by atoms with Crippen LogP contribution in [-0.2, 0) is 14.8 Å². The molecule has 1 aromatic carbocycles. The molecule has 8 heteroatoms. The summed E-state index contributed by atoms with van der Waals surface area (Å²) in [6.07, 6.45) is 0. The minimum atomic E-state index is -3.96. The number of carbonyl (C=O) groups excluding carboxylic acids is 1. The predicted octanol–water partition coefficient (Wildman–Crippen LogP) is 1.39. The van der Waals surface area contributed by atoms with E-state index in [1.54, 1.807) is 13.8 Å². The highest BCUT2D eigenvalue weighted by molar-refractivity contribution is 7.89. The van der Waals surface area contributed by atoms with Crippen molar-refractivity contribution in [1.82, 2.24) is 4.72 Å². The number of nitrogens with zero attached hydrogens (tertiary/aromatic N) is 1. The van der Waals surface area contributed by atoms with Crippen molar-refractivity contribution < 1.29 is 18.1 Å². The highest BCUT2D eigenvalue weighted by Gasteiger charge is 2.27. The first-order valence-electron chi connectivity index (χ1n) is 5.82. The van der Waals surface area contributed by atoms with E-state index in [4.69, 9.17) is 0 Å². The standard InChI is InChI=1S/C12H16N2O5S/c1-7-5-8(2)12(10(4)11(7)14(16)17)20(18,19)13-6-9(3)15/h5,13H,6H2,1-4H3. The number of hydrogen-bond acceptors (Lipinski definition) is 5. The molecule has 0 radical (unpaired) electrons. The molecule has 0 aliphatic heterocycles. The number of rotatable bonds is 5. The molecule has 0 heterocycles. The largest absolute Gasteiger partial charge is 0.299 e. The molecule has 1 N–H and O–H groups in total. The first-order chi connectivity index (χ1) is 9.08. The molecule has 0 spiro atoms. The molecule has 7 nitrogen and oxygen atoms in total. The lowest BCUT2D eigenvalue weighted by molar-refractivity contribution is -0.386. The van der Waals surface area contributed by atoms with Crippen LogP contribution in [-0.4, -0.2) is 25.7 Å². The molecule has 1 aromatic rings. The van der Waals surface area contributed by atoms with Crippen molar-refractivity contribution in [2.75, 3.05) is 6.54 Å². The highest BCUT2D eigenvalue weighted by Crippen LogP contribution is 2.31. The van der Waals surface area contributed by atoms with E-state index in [2.05, 4.69) is 4.72 Å². The first-order valence-corrected chi connectivity index (χ1v) is 7.30. The molecular formula is C12H16N2O5S. The molecule has 0 aliphatic carbocycles. The molecule has 0 bridgehead atoms. The fraction of sp³-hybridized carbons (Fsp3) is 0.417. The van der Waals surface area contributed by atoms with Crippen molar-refractivity contribution in [2.24, 2.45) is 0 Å². The second kappa shape index (κ2) is 5.68. The van der Waals surface area contributed by atoms with E-state index in [1.165, 1.54) is 19.9 Å². The third-order valence-corrected chi connectivity index (χ3v) is 4.51. The average molecular weight is 300 g/mol. The number of sulfonamides is 1. The summed E-state index contributed by atoms with van der Waals surface area (Å²) in [7, 11) is -3.96. The average Bonchev–Trinajstić information content (AvgIpc) is 2.24. The van der Waals surface area contributed by atoms with Crippen molar-refractivity contribution in [2.45, 2.75) is 32.6 Å². The summed E-state index contributed by atoms with van der Waals surface area (Å²) in [5.74, 6) is -0.342. The maximum atomic E-state index is 12.2. The SMILES string of the molecule is CC(=O)CNS(=O)(=O)c1c(C)cc(C)c([N+](=O)[O-])c1C. The topological polar surface area (TPSA) is 106 Å². The second-order valence-electron chi connectivity index (χ2n) is 4.60. The van der Waals surface area contributed by atoms with Crippen LogP contribution in [0.15, 0.2) is 11.0 Å². The number of nitro groups is 1. The minimum Gasteiger partial charge on any atom is -0.299 e. The lowest BCUT2D eigenvalue weighted by atomic mass is 10.1. The van der Waals surface area contributed by atoms with Gasteiger partial charge in [-0.25, -0.2) is 13.1 Å². The summed E-state index contributed by atoms with van der Waals surface area (Å²) in [5, 5.41) is 11.0. The molecule has 110 valence electrons. The molecule has 0 amide bonds. The second-order valence-corrected chi connectivity index (χ2v) is 6.30. The lowest BCUT2D eigenvalue weighted by Crippen LogP contribution is -2.29. The molecule has 0 aliphatic rings. The fourth-order valence-corrected chi connectivity index (χ4v) is 3.64. The van der Waals surface area contributed by atoms with Crippen LogP contribution in [0.5, 0.6) is 0 Å². The Hall–Kier alpha value is -1.80. The van der Waals surface area contributed by atoms with Gasteiger partial charge in [0.05, 0.1) is 16.4 Å². The molecule has 0 saturated heterocycles. The van der Waals surface area contributed by atoms with Gasteiger partial charge in [0.25, 0.3) is 5.69 Å². The van der Waals surface area contributed by atoms with Crippen LogP contribution in [0.4, 0.5) is 5.69 Å². The predicted molar refractivity (Wildman–Crippen MR) is 73.2 cm³/mol. The van der Waals surface area contributed by atoms with Crippen molar-refractivity contribution in [3.8, 4) is 0 Å². The van der Waals surface area contributed by atoms with E-state index in [0.29, 0.717) is 11.1 Å². The van der Waals surface area contributed by atoms with Gasteiger partial charge in [-0.3, -0.25) is 14.9 Å². The molecular weight excluding hydrogens is 284 g/mol. The van der Waals surface area contributed by atoms with Gasteiger partial charge in [-0.2, -0.15) is 0 Å². The number of hydrogen-bond donors (Lipinski definition) is 1. The summed E-state index contributed by atoms with van der Waals surface area (Å²) in [6, 6.07) is 1.45. The normalized spacial score (nSPS) is 11.4. The number of aryl methyl sites for hydroxylation is 2. The first kappa shape index (κ1) is 16.3. The third kappa shape index (κ3) is 3.20. The maximum Gasteiger partial charge on any atom is 0.276 e. The van der Waals surface area contributed by atoms with Crippen molar-refractivity contribution in [3.05, 3.63) is 32.9 Å². The summed E-state index contributed by atoms with van der Waals surface area (Å²) in [6.45, 7) is 5.41. The number of carbonyl (C=O) groups is 1. The zero-order valence-corrected chi connectivity index (χ0v) is 12.5. The van der Waals surface area contributed by atoms with Gasteiger partial charge in [-0.1, -0.05) is 0 Å². The maximum absolute atomic E-state index is 12.2. The van der Waals surface area contributed by atoms with E-state index in [0.717, 1.165) is 0 Å². The Morgan fingerprint density at radius 1 is 1.30 bits per heavy atom. The Balaban J connectivity index is 3.49. The van der Waals surface area contributed by atoms with Gasteiger partial charge < -0.3 is 0 Å². The molecule has 1 rings (SSSR count). The monoisotopic (exact) mass is 300 g/mol. The molecule has 0 saturated carbocycles. The quantitative estimate of drug-likeness (QED) is 0.653. The van der Waals surface area contributed by atoms with Crippen LogP contribution in [0.2, 0.25) is 0 Å². The van der Waals surface area contributed by atoms with Gasteiger partial charge in [-0.15, -0.1) is 0 Å². The minimum absolute atomic E-state index is 0.0727. The van der Waals surface area contributed by atoms with Crippen LogP contribution in [0.3, 0.4) is 0 Å². The molecule has 0 fully saturated rings. The molecule has 0 atom stereocenters. The number of ketones is 1. The van der Waals surface area contributed by atoms with Crippen LogP contribution in [0.25, 0.3) is 0 Å². The van der Waals surface area contributed by atoms with Crippen LogP contribution in [0, 0.1) is 30.9 Å². The Kier molecular flexibility index (Phi) is 4.61. The van der Waals surface area contributed by atoms with E-state index in [-0.39, 0.29) is 28.5 Å². The zero-order chi connectivity index (χ0) is 15.7. The van der Waals surface area contributed by atoms with Crippen molar-refractivity contribution in [3.63, 3.8) is 0 Å². The number of nitrogens with one attached hydrogen (secondary N) is 1. The van der Waals surface area contributed by atoms with Crippen molar-refractivity contribution in [1.29, 1.82) is 0 Å². The number of nitro benzene ring substituents is 1. The van der Waals surface area contributed by atoms with E-state index in [1.807, 2.05) is 0 Å². The number of Topliss-reactive ketones (excluding diaryl/α,β-unsaturated/α-hetero) is 1. The lowest BCUT2D eigenvalue weighted by Gasteiger charge is -2.13. The Labute approximate surface area is 117 Å². The van der Waals surface area contributed by atoms with Gasteiger partial charge in [0, 0.05) is 11.1 Å². The molecule has 0 unspecified atom stereocenters. The van der Waals surface area contributed by atoms with Gasteiger partial charge in [-0.05, 0) is 39.3 Å². The Morgan fingerprint density at radius 3 is 2.30 bits per heavy atom. The van der Waals surface area contributed by atoms with Crippen LogP contribution >= 0.6 is 0 Å². The smallest absolute Gasteiger partial charge is 0.276 e. The highest BCUT2D eigenvalue weighted by atomic mass is 32.2. The number of benzene rings is 1. The van der Waals surface area contributed by atoms with Crippen LogP contribution in [0.1, 0.15) is 23.6 Å². The van der Waals surface area contributed by atoms with E-state index in [9.17, 15) is 23.3 Å². The summed E-state index contributed by atoms with van der Waals surface area (Å²) < 4.78 is 26.5. The zero-order valence-electron chi connectivity index (χ0n) is 11.7. The molecule has 0 aromatic heterocycles. The van der Waals surface area contributed by atoms with E-state index < -0.39 is 14.9 Å². The third-order valence-electron chi connectivity index (χ3n) is 2.82. The van der Waals surface area contributed by atoms with Crippen LogP contribution < -0.4 is 4.72 Å². The van der Waals surface area contributed by atoms with Gasteiger partial charge in [0.15, 0.2) is 0 Å². The summed E-state index contributed by atoms with van der Waals surface area (Å²) in [5.41, 5.74) is 0.652. The Morgan fingerprint density at radius 2 is 1.85 bits per heavy atom. The Bertz CT molecular complexity index is 680. The summed E-state index contributed by atoms with van der Waals surface area (Å²) in [4.78, 5) is 21.2. The summed E-state index contributed by atoms with van der Waals surface area (Å²) >= 11 is 0. The molecule has 20 heavy (non-hydrogen) atoms.